The highest BCUT2D eigenvalue weighted by Gasteiger charge is 2.16. The second-order valence-corrected chi connectivity index (χ2v) is 2.83. The van der Waals surface area contributed by atoms with Crippen molar-refractivity contribution < 1.29 is 19.0 Å². The molecule has 0 radical (unpaired) electrons. The Labute approximate surface area is 85.1 Å². The first-order valence-electron chi connectivity index (χ1n) is 3.75. The van der Waals surface area contributed by atoms with Gasteiger partial charge in [0.1, 0.15) is 5.82 Å². The van der Waals surface area contributed by atoms with E-state index >= 15 is 0 Å². The van der Waals surface area contributed by atoms with Crippen molar-refractivity contribution in [2.75, 3.05) is 13.0 Å². The molecule has 0 saturated heterocycles. The fourth-order valence-electron chi connectivity index (χ4n) is 1.07. The van der Waals surface area contributed by atoms with Gasteiger partial charge in [-0.1, -0.05) is 0 Å². The molecule has 1 rings (SSSR count). The van der Waals surface area contributed by atoms with Crippen LogP contribution in [-0.4, -0.2) is 23.9 Å². The monoisotopic (exact) mass is 218 g/mol. The minimum absolute atomic E-state index is 0.0556. The lowest BCUT2D eigenvalue weighted by atomic mass is 10.1. The van der Waals surface area contributed by atoms with Gasteiger partial charge in [0.25, 0.3) is 0 Å². The van der Waals surface area contributed by atoms with Gasteiger partial charge in [-0.2, -0.15) is 0 Å². The van der Waals surface area contributed by atoms with Gasteiger partial charge >= 0.3 is 0 Å². The number of hydrogen-bond acceptors (Lipinski definition) is 3. The number of carbonyl (C=O) groups is 1. The molecule has 0 unspecified atom stereocenters. The van der Waals surface area contributed by atoms with Crippen LogP contribution in [0.2, 0.25) is 0 Å². The summed E-state index contributed by atoms with van der Waals surface area (Å²) in [7, 11) is 1.28. The van der Waals surface area contributed by atoms with Crippen molar-refractivity contribution in [2.45, 2.75) is 0 Å². The molecule has 0 heterocycles. The highest BCUT2D eigenvalue weighted by Crippen LogP contribution is 2.31. The van der Waals surface area contributed by atoms with E-state index in [1.165, 1.54) is 7.11 Å². The van der Waals surface area contributed by atoms with E-state index in [1.54, 1.807) is 0 Å². The number of phenols is 1. The second-order valence-electron chi connectivity index (χ2n) is 2.56. The van der Waals surface area contributed by atoms with Crippen molar-refractivity contribution in [1.29, 1.82) is 0 Å². The third-order valence-corrected chi connectivity index (χ3v) is 1.90. The topological polar surface area (TPSA) is 46.5 Å². The van der Waals surface area contributed by atoms with Crippen LogP contribution in [-0.2, 0) is 0 Å². The first-order chi connectivity index (χ1) is 6.60. The van der Waals surface area contributed by atoms with Crippen LogP contribution in [0.25, 0.3) is 0 Å². The quantitative estimate of drug-likeness (QED) is 0.623. The maximum Gasteiger partial charge on any atom is 0.181 e. The lowest BCUT2D eigenvalue weighted by molar-refractivity contribution is 0.101. The molecule has 0 aliphatic carbocycles. The van der Waals surface area contributed by atoms with Gasteiger partial charge in [-0.15, -0.1) is 11.6 Å². The Morgan fingerprint density at radius 2 is 2.29 bits per heavy atom. The van der Waals surface area contributed by atoms with E-state index in [-0.39, 0.29) is 17.2 Å². The number of ketones is 1. The normalized spacial score (nSPS) is 9.93. The Morgan fingerprint density at radius 1 is 1.64 bits per heavy atom. The zero-order chi connectivity index (χ0) is 10.7. The average Bonchev–Trinajstić information content (AvgIpc) is 2.15. The smallest absolute Gasteiger partial charge is 0.181 e. The Balaban J connectivity index is 3.32. The summed E-state index contributed by atoms with van der Waals surface area (Å²) in [5.74, 6) is -1.98. The van der Waals surface area contributed by atoms with Gasteiger partial charge in [0.2, 0.25) is 0 Å². The molecule has 76 valence electrons. The van der Waals surface area contributed by atoms with Crippen molar-refractivity contribution in [3.05, 3.63) is 23.5 Å². The van der Waals surface area contributed by atoms with Gasteiger partial charge in [-0.25, -0.2) is 4.39 Å². The van der Waals surface area contributed by atoms with Crippen molar-refractivity contribution in [1.82, 2.24) is 0 Å². The summed E-state index contributed by atoms with van der Waals surface area (Å²) in [4.78, 5) is 11.2. The molecule has 0 atom stereocenters. The summed E-state index contributed by atoms with van der Waals surface area (Å²) in [6.07, 6.45) is 0. The molecule has 0 amide bonds. The van der Waals surface area contributed by atoms with E-state index in [2.05, 4.69) is 0 Å². The molecule has 0 bridgehead atoms. The molecule has 0 aliphatic heterocycles. The molecule has 0 aromatic heterocycles. The van der Waals surface area contributed by atoms with Crippen molar-refractivity contribution in [2.24, 2.45) is 0 Å². The highest BCUT2D eigenvalue weighted by atomic mass is 35.5. The number of methoxy groups -OCH3 is 1. The minimum Gasteiger partial charge on any atom is -0.504 e. The molecule has 0 saturated carbocycles. The lowest BCUT2D eigenvalue weighted by Crippen LogP contribution is -2.04. The van der Waals surface area contributed by atoms with E-state index in [1.807, 2.05) is 0 Å². The molecule has 0 fully saturated rings. The fraction of sp³-hybridized carbons (Fsp3) is 0.222. The van der Waals surface area contributed by atoms with Gasteiger partial charge in [0.05, 0.1) is 18.6 Å². The predicted octanol–water partition coefficient (Wildman–Crippen LogP) is 1.96. The summed E-state index contributed by atoms with van der Waals surface area (Å²) >= 11 is 5.31. The summed E-state index contributed by atoms with van der Waals surface area (Å²) in [5, 5.41) is 9.26. The number of rotatable bonds is 3. The predicted molar refractivity (Wildman–Crippen MR) is 49.7 cm³/mol. The number of alkyl halides is 1. The number of benzene rings is 1. The Morgan fingerprint density at radius 3 is 2.79 bits per heavy atom. The van der Waals surface area contributed by atoms with Crippen LogP contribution in [0.4, 0.5) is 4.39 Å². The number of halogens is 2. The Kier molecular flexibility index (Phi) is 3.30. The molecule has 3 nitrogen and oxygen atoms in total. The number of hydrogen-bond donors (Lipinski definition) is 1. The van der Waals surface area contributed by atoms with Crippen LogP contribution >= 0.6 is 11.6 Å². The summed E-state index contributed by atoms with van der Waals surface area (Å²) in [6, 6.07) is 1.84. The molecule has 1 aromatic rings. The fourth-order valence-corrected chi connectivity index (χ4v) is 1.22. The zero-order valence-corrected chi connectivity index (χ0v) is 8.14. The maximum atomic E-state index is 12.8. The summed E-state index contributed by atoms with van der Waals surface area (Å²) < 4.78 is 17.6. The standard InChI is InChI=1S/C9H8ClFO3/c1-14-9-6(8(13)4-10)2-5(11)3-7(9)12/h2-3,12H,4H2,1H3. The zero-order valence-electron chi connectivity index (χ0n) is 7.38. The van der Waals surface area contributed by atoms with Gasteiger partial charge in [-0.05, 0) is 6.07 Å². The van der Waals surface area contributed by atoms with E-state index in [0.717, 1.165) is 12.1 Å². The van der Waals surface area contributed by atoms with Gasteiger partial charge in [0, 0.05) is 6.07 Å². The van der Waals surface area contributed by atoms with E-state index in [0.29, 0.717) is 0 Å². The first kappa shape index (κ1) is 10.8. The van der Waals surface area contributed by atoms with Crippen LogP contribution in [0, 0.1) is 5.82 Å². The minimum atomic E-state index is -0.711. The number of carbonyl (C=O) groups excluding carboxylic acids is 1. The summed E-state index contributed by atoms with van der Waals surface area (Å²) in [6.45, 7) is 0. The van der Waals surface area contributed by atoms with Crippen LogP contribution in [0.5, 0.6) is 11.5 Å². The summed E-state index contributed by atoms with van der Waals surface area (Å²) in [5.41, 5.74) is -0.0556. The van der Waals surface area contributed by atoms with E-state index < -0.39 is 17.3 Å². The van der Waals surface area contributed by atoms with Crippen molar-refractivity contribution in [3.8, 4) is 11.5 Å². The van der Waals surface area contributed by atoms with Crippen LogP contribution in [0.15, 0.2) is 12.1 Å². The van der Waals surface area contributed by atoms with Crippen molar-refractivity contribution >= 4 is 17.4 Å². The largest absolute Gasteiger partial charge is 0.504 e. The SMILES string of the molecule is COc1c(O)cc(F)cc1C(=O)CCl. The molecule has 0 spiro atoms. The highest BCUT2D eigenvalue weighted by molar-refractivity contribution is 6.30. The third kappa shape index (κ3) is 1.96. The van der Waals surface area contributed by atoms with Gasteiger partial charge < -0.3 is 9.84 Å². The number of phenolic OH excluding ortho intramolecular Hbond substituents is 1. The van der Waals surface area contributed by atoms with E-state index in [4.69, 9.17) is 16.3 Å². The molecule has 5 heteroatoms. The number of ether oxygens (including phenoxy) is 1. The van der Waals surface area contributed by atoms with Crippen LogP contribution in [0.3, 0.4) is 0 Å². The molecule has 1 aromatic carbocycles. The van der Waals surface area contributed by atoms with Crippen molar-refractivity contribution in [3.63, 3.8) is 0 Å². The number of aromatic hydroxyl groups is 1. The van der Waals surface area contributed by atoms with Gasteiger partial charge in [-0.3, -0.25) is 4.79 Å². The van der Waals surface area contributed by atoms with E-state index in [9.17, 15) is 14.3 Å². The Bertz CT molecular complexity index is 365. The third-order valence-electron chi connectivity index (χ3n) is 1.66. The first-order valence-corrected chi connectivity index (χ1v) is 4.29. The molecule has 0 aliphatic rings. The average molecular weight is 219 g/mol. The van der Waals surface area contributed by atoms with Crippen LogP contribution < -0.4 is 4.74 Å². The maximum absolute atomic E-state index is 12.8. The van der Waals surface area contributed by atoms with Gasteiger partial charge in [0.15, 0.2) is 17.3 Å². The molecular weight excluding hydrogens is 211 g/mol. The second kappa shape index (κ2) is 4.28. The molecular formula is C9H8ClFO3. The Hall–Kier alpha value is -1.29. The van der Waals surface area contributed by atoms with Crippen LogP contribution in [0.1, 0.15) is 10.4 Å². The molecule has 14 heavy (non-hydrogen) atoms. The lowest BCUT2D eigenvalue weighted by Gasteiger charge is -2.08. The molecule has 1 N–H and O–H groups in total. The number of Topliss-reactive ketones (excluding diaryl/α,β-unsaturated/α-hetero) is 1.